The Labute approximate surface area is 124 Å². The van der Waals surface area contributed by atoms with Crippen molar-refractivity contribution in [3.8, 4) is 5.75 Å². The summed E-state index contributed by atoms with van der Waals surface area (Å²) in [5, 5.41) is 12.4. The number of oxime groups is 1. The van der Waals surface area contributed by atoms with Crippen molar-refractivity contribution in [2.45, 2.75) is 32.8 Å². The maximum absolute atomic E-state index is 9.01. The fraction of sp³-hybridized carbons (Fsp3) is 0.278. The molecule has 3 heteroatoms. The van der Waals surface area contributed by atoms with Crippen LogP contribution in [-0.2, 0) is 19.4 Å². The van der Waals surface area contributed by atoms with E-state index in [1.807, 2.05) is 18.2 Å². The number of hydrogen-bond acceptors (Lipinski definition) is 3. The molecule has 0 saturated carbocycles. The summed E-state index contributed by atoms with van der Waals surface area (Å²) >= 11 is 0. The molecule has 0 bridgehead atoms. The van der Waals surface area contributed by atoms with Gasteiger partial charge in [0.1, 0.15) is 12.4 Å². The predicted octanol–water partition coefficient (Wildman–Crippen LogP) is 3.95. The first kappa shape index (κ1) is 13.7. The van der Waals surface area contributed by atoms with Crippen LogP contribution in [-0.4, -0.2) is 10.9 Å². The van der Waals surface area contributed by atoms with Crippen molar-refractivity contribution in [3.63, 3.8) is 0 Å². The Morgan fingerprint density at radius 2 is 1.81 bits per heavy atom. The Kier molecular flexibility index (Phi) is 3.91. The lowest BCUT2D eigenvalue weighted by Crippen LogP contribution is -1.99. The number of ether oxygens (including phenoxy) is 1. The molecule has 2 aromatic rings. The highest BCUT2D eigenvalue weighted by Crippen LogP contribution is 2.31. The summed E-state index contributed by atoms with van der Waals surface area (Å²) in [6.45, 7) is 2.71. The number of benzene rings is 2. The molecule has 0 radical (unpaired) electrons. The van der Waals surface area contributed by atoms with E-state index in [4.69, 9.17) is 9.94 Å². The zero-order chi connectivity index (χ0) is 14.7. The van der Waals surface area contributed by atoms with Gasteiger partial charge in [-0.1, -0.05) is 48.5 Å². The first-order valence-electron chi connectivity index (χ1n) is 7.35. The minimum Gasteiger partial charge on any atom is -0.489 e. The van der Waals surface area contributed by atoms with Crippen molar-refractivity contribution in [3.05, 3.63) is 64.7 Å². The van der Waals surface area contributed by atoms with Crippen LogP contribution in [0.5, 0.6) is 5.75 Å². The van der Waals surface area contributed by atoms with Crippen LogP contribution >= 0.6 is 0 Å². The zero-order valence-corrected chi connectivity index (χ0v) is 12.2. The molecular weight excluding hydrogens is 262 g/mol. The maximum atomic E-state index is 9.01. The summed E-state index contributed by atoms with van der Waals surface area (Å²) in [6.07, 6.45) is 2.70. The molecule has 1 aliphatic carbocycles. The lowest BCUT2D eigenvalue weighted by Gasteiger charge is -2.11. The molecule has 0 fully saturated rings. The SMILES string of the molecule is CCc1ccc(COc2cccc3c2CCC3=NO)cc1. The second-order valence-electron chi connectivity index (χ2n) is 5.29. The van der Waals surface area contributed by atoms with E-state index >= 15 is 0 Å². The van der Waals surface area contributed by atoms with Crippen LogP contribution in [0.25, 0.3) is 0 Å². The number of nitrogens with zero attached hydrogens (tertiary/aromatic N) is 1. The van der Waals surface area contributed by atoms with E-state index in [2.05, 4.69) is 36.3 Å². The van der Waals surface area contributed by atoms with Gasteiger partial charge in [0.05, 0.1) is 5.71 Å². The van der Waals surface area contributed by atoms with Gasteiger partial charge in [-0.05, 0) is 36.5 Å². The van der Waals surface area contributed by atoms with Gasteiger partial charge in [0.25, 0.3) is 0 Å². The van der Waals surface area contributed by atoms with Gasteiger partial charge in [-0.2, -0.15) is 0 Å². The third-order valence-corrected chi connectivity index (χ3v) is 4.00. The summed E-state index contributed by atoms with van der Waals surface area (Å²) in [4.78, 5) is 0. The van der Waals surface area contributed by atoms with Crippen molar-refractivity contribution in [1.29, 1.82) is 0 Å². The molecule has 0 spiro atoms. The standard InChI is InChI=1S/C18H19NO2/c1-2-13-6-8-14(9-7-13)12-21-18-5-3-4-15-16(18)10-11-17(15)19-20/h3-9,20H,2,10-12H2,1H3. The Hall–Kier alpha value is -2.29. The molecule has 21 heavy (non-hydrogen) atoms. The molecule has 3 nitrogen and oxygen atoms in total. The number of rotatable bonds is 4. The summed E-state index contributed by atoms with van der Waals surface area (Å²) < 4.78 is 5.96. The highest BCUT2D eigenvalue weighted by molar-refractivity contribution is 6.04. The second kappa shape index (κ2) is 6.00. The van der Waals surface area contributed by atoms with E-state index in [-0.39, 0.29) is 0 Å². The molecule has 0 aliphatic heterocycles. The van der Waals surface area contributed by atoms with Crippen LogP contribution < -0.4 is 4.74 Å². The Balaban J connectivity index is 1.75. The third-order valence-electron chi connectivity index (χ3n) is 4.00. The first-order chi connectivity index (χ1) is 10.3. The highest BCUT2D eigenvalue weighted by Gasteiger charge is 2.21. The molecule has 108 valence electrons. The fourth-order valence-corrected chi connectivity index (χ4v) is 2.74. The second-order valence-corrected chi connectivity index (χ2v) is 5.29. The van der Waals surface area contributed by atoms with Gasteiger partial charge < -0.3 is 9.94 Å². The summed E-state index contributed by atoms with van der Waals surface area (Å²) in [7, 11) is 0. The summed E-state index contributed by atoms with van der Waals surface area (Å²) in [5.41, 5.74) is 5.41. The minimum atomic E-state index is 0.562. The molecule has 1 aliphatic rings. The molecule has 0 heterocycles. The van der Waals surface area contributed by atoms with Gasteiger partial charge in [-0.25, -0.2) is 0 Å². The van der Waals surface area contributed by atoms with Gasteiger partial charge >= 0.3 is 0 Å². The molecule has 0 aromatic heterocycles. The van der Waals surface area contributed by atoms with Gasteiger partial charge in [-0.3, -0.25) is 0 Å². The number of fused-ring (bicyclic) bond motifs is 1. The fourth-order valence-electron chi connectivity index (χ4n) is 2.74. The molecule has 1 N–H and O–H groups in total. The average molecular weight is 281 g/mol. The third kappa shape index (κ3) is 2.77. The molecule has 0 saturated heterocycles. The number of hydrogen-bond donors (Lipinski definition) is 1. The Morgan fingerprint density at radius 3 is 2.52 bits per heavy atom. The van der Waals surface area contributed by atoms with E-state index in [0.717, 1.165) is 41.9 Å². The van der Waals surface area contributed by atoms with Gasteiger partial charge in [0.15, 0.2) is 0 Å². The van der Waals surface area contributed by atoms with Crippen molar-refractivity contribution in [1.82, 2.24) is 0 Å². The molecule has 3 rings (SSSR count). The van der Waals surface area contributed by atoms with Crippen LogP contribution in [0, 0.1) is 0 Å². The lowest BCUT2D eigenvalue weighted by atomic mass is 10.1. The monoisotopic (exact) mass is 281 g/mol. The Morgan fingerprint density at radius 1 is 1.05 bits per heavy atom. The average Bonchev–Trinajstić information content (AvgIpc) is 2.97. The lowest BCUT2D eigenvalue weighted by molar-refractivity contribution is 0.303. The zero-order valence-electron chi connectivity index (χ0n) is 12.2. The Bertz CT molecular complexity index is 659. The molecule has 0 atom stereocenters. The van der Waals surface area contributed by atoms with Crippen LogP contribution in [0.3, 0.4) is 0 Å². The first-order valence-corrected chi connectivity index (χ1v) is 7.35. The molecule has 2 aromatic carbocycles. The highest BCUT2D eigenvalue weighted by atomic mass is 16.5. The van der Waals surface area contributed by atoms with Gasteiger partial charge in [0, 0.05) is 11.1 Å². The van der Waals surface area contributed by atoms with E-state index < -0.39 is 0 Å². The van der Waals surface area contributed by atoms with Crippen molar-refractivity contribution in [2.24, 2.45) is 5.16 Å². The molecule has 0 unspecified atom stereocenters. The van der Waals surface area contributed by atoms with Crippen LogP contribution in [0.2, 0.25) is 0 Å². The summed E-state index contributed by atoms with van der Waals surface area (Å²) in [5.74, 6) is 0.894. The van der Waals surface area contributed by atoms with Crippen LogP contribution in [0.15, 0.2) is 47.6 Å². The normalized spacial score (nSPS) is 15.2. The van der Waals surface area contributed by atoms with Crippen LogP contribution in [0.1, 0.15) is 35.6 Å². The summed E-state index contributed by atoms with van der Waals surface area (Å²) in [6, 6.07) is 14.4. The maximum Gasteiger partial charge on any atom is 0.123 e. The van der Waals surface area contributed by atoms with E-state index in [1.165, 1.54) is 11.1 Å². The van der Waals surface area contributed by atoms with E-state index in [9.17, 15) is 0 Å². The smallest absolute Gasteiger partial charge is 0.123 e. The van der Waals surface area contributed by atoms with Crippen LogP contribution in [0.4, 0.5) is 0 Å². The minimum absolute atomic E-state index is 0.562. The molecular formula is C18H19NO2. The van der Waals surface area contributed by atoms with E-state index in [0.29, 0.717) is 6.61 Å². The molecule has 0 amide bonds. The predicted molar refractivity (Wildman–Crippen MR) is 83.2 cm³/mol. The van der Waals surface area contributed by atoms with Crippen molar-refractivity contribution in [2.75, 3.05) is 0 Å². The van der Waals surface area contributed by atoms with Crippen molar-refractivity contribution < 1.29 is 9.94 Å². The van der Waals surface area contributed by atoms with E-state index in [1.54, 1.807) is 0 Å². The number of aryl methyl sites for hydroxylation is 1. The quantitative estimate of drug-likeness (QED) is 0.681. The topological polar surface area (TPSA) is 41.8 Å². The van der Waals surface area contributed by atoms with Gasteiger partial charge in [-0.15, -0.1) is 0 Å². The van der Waals surface area contributed by atoms with Crippen molar-refractivity contribution >= 4 is 5.71 Å². The largest absolute Gasteiger partial charge is 0.489 e. The van der Waals surface area contributed by atoms with Gasteiger partial charge in [0.2, 0.25) is 0 Å².